The summed E-state index contributed by atoms with van der Waals surface area (Å²) in [6.45, 7) is -0.162. The molecule has 16 heavy (non-hydrogen) atoms. The van der Waals surface area contributed by atoms with E-state index in [0.29, 0.717) is 21.0 Å². The number of aliphatic hydroxyl groups is 1. The molecule has 0 fully saturated rings. The fourth-order valence-corrected chi connectivity index (χ4v) is 2.28. The van der Waals surface area contributed by atoms with Gasteiger partial charge in [0.25, 0.3) is 0 Å². The maximum absolute atomic E-state index is 10.9. The van der Waals surface area contributed by atoms with Gasteiger partial charge in [-0.1, -0.05) is 0 Å². The second-order valence-electron chi connectivity index (χ2n) is 3.10. The van der Waals surface area contributed by atoms with E-state index in [1.165, 1.54) is 30.6 Å². The number of ether oxygens (including phenoxy) is 1. The topological polar surface area (TPSA) is 79.7 Å². The van der Waals surface area contributed by atoms with Gasteiger partial charge in [-0.3, -0.25) is 0 Å². The molecule has 0 saturated heterocycles. The summed E-state index contributed by atoms with van der Waals surface area (Å²) in [6, 6.07) is 2.95. The number of nitrogens with zero attached hydrogens (tertiary/aromatic N) is 1. The van der Waals surface area contributed by atoms with Crippen molar-refractivity contribution in [3.8, 4) is 5.75 Å². The highest BCUT2D eigenvalue weighted by Crippen LogP contribution is 2.31. The van der Waals surface area contributed by atoms with Crippen LogP contribution in [0.3, 0.4) is 0 Å². The molecular formula is C10H9NO4S. The highest BCUT2D eigenvalue weighted by Gasteiger charge is 2.13. The van der Waals surface area contributed by atoms with Gasteiger partial charge >= 0.3 is 5.97 Å². The van der Waals surface area contributed by atoms with Crippen LogP contribution in [0, 0.1) is 0 Å². The molecule has 5 nitrogen and oxygen atoms in total. The maximum atomic E-state index is 10.9. The quantitative estimate of drug-likeness (QED) is 0.848. The van der Waals surface area contributed by atoms with Crippen LogP contribution >= 0.6 is 11.3 Å². The zero-order chi connectivity index (χ0) is 11.7. The number of carboxylic acids is 1. The minimum absolute atomic E-state index is 0.150. The zero-order valence-corrected chi connectivity index (χ0v) is 9.24. The summed E-state index contributed by atoms with van der Waals surface area (Å²) in [5.41, 5.74) is 0.735. The van der Waals surface area contributed by atoms with Gasteiger partial charge in [-0.15, -0.1) is 11.3 Å². The van der Waals surface area contributed by atoms with Gasteiger partial charge in [-0.2, -0.15) is 0 Å². The molecule has 84 valence electrons. The Labute approximate surface area is 94.9 Å². The normalized spacial score (nSPS) is 10.6. The molecule has 0 unspecified atom stereocenters. The van der Waals surface area contributed by atoms with Crippen LogP contribution in [-0.4, -0.2) is 28.3 Å². The summed E-state index contributed by atoms with van der Waals surface area (Å²) in [6.07, 6.45) is 0. The van der Waals surface area contributed by atoms with E-state index >= 15 is 0 Å². The number of fused-ring (bicyclic) bond motifs is 1. The summed E-state index contributed by atoms with van der Waals surface area (Å²) in [5.74, 6) is -0.606. The third-order valence-electron chi connectivity index (χ3n) is 2.11. The number of carboxylic acid groups (broad SMARTS) is 1. The number of aliphatic hydroxyl groups excluding tert-OH is 1. The second-order valence-corrected chi connectivity index (χ2v) is 4.21. The van der Waals surface area contributed by atoms with Crippen molar-refractivity contribution in [3.05, 3.63) is 22.7 Å². The molecule has 2 rings (SSSR count). The van der Waals surface area contributed by atoms with E-state index in [9.17, 15) is 4.79 Å². The van der Waals surface area contributed by atoms with Crippen LogP contribution in [0.25, 0.3) is 10.2 Å². The third-order valence-corrected chi connectivity index (χ3v) is 3.09. The van der Waals surface area contributed by atoms with Crippen molar-refractivity contribution in [2.75, 3.05) is 7.11 Å². The van der Waals surface area contributed by atoms with Crippen molar-refractivity contribution in [2.45, 2.75) is 6.61 Å². The van der Waals surface area contributed by atoms with E-state index in [4.69, 9.17) is 14.9 Å². The Hall–Kier alpha value is -1.66. The molecule has 1 heterocycles. The molecule has 0 amide bonds. The summed E-state index contributed by atoms with van der Waals surface area (Å²) in [7, 11) is 1.46. The van der Waals surface area contributed by atoms with Gasteiger partial charge in [0.1, 0.15) is 16.3 Å². The van der Waals surface area contributed by atoms with Crippen molar-refractivity contribution in [2.24, 2.45) is 0 Å². The van der Waals surface area contributed by atoms with Gasteiger partial charge in [0.15, 0.2) is 0 Å². The fraction of sp³-hybridized carbons (Fsp3) is 0.200. The molecule has 6 heteroatoms. The number of benzene rings is 1. The first-order chi connectivity index (χ1) is 7.65. The summed E-state index contributed by atoms with van der Waals surface area (Å²) < 4.78 is 5.77. The minimum Gasteiger partial charge on any atom is -0.494 e. The summed E-state index contributed by atoms with van der Waals surface area (Å²) in [5, 5.41) is 18.4. The van der Waals surface area contributed by atoms with Crippen LogP contribution in [0.4, 0.5) is 0 Å². The standard InChI is InChI=1S/C10H9NO4S/c1-15-6-2-5(10(13)14)3-7-9(6)11-8(4-12)16-7/h2-3,12H,4H2,1H3,(H,13,14). The Bertz CT molecular complexity index is 549. The second kappa shape index (κ2) is 4.07. The Balaban J connectivity index is 2.70. The van der Waals surface area contributed by atoms with Crippen LogP contribution in [-0.2, 0) is 6.61 Å². The molecule has 1 aromatic heterocycles. The predicted octanol–water partition coefficient (Wildman–Crippen LogP) is 1.50. The van der Waals surface area contributed by atoms with Crippen molar-refractivity contribution >= 4 is 27.5 Å². The average molecular weight is 239 g/mol. The SMILES string of the molecule is COc1cc(C(=O)O)cc2sc(CO)nc12. The molecular weight excluding hydrogens is 230 g/mol. The van der Waals surface area contributed by atoms with Crippen LogP contribution in [0.5, 0.6) is 5.75 Å². The number of methoxy groups -OCH3 is 1. The van der Waals surface area contributed by atoms with E-state index in [2.05, 4.69) is 4.98 Å². The highest BCUT2D eigenvalue weighted by atomic mass is 32.1. The number of aromatic carboxylic acids is 1. The number of hydrogen-bond acceptors (Lipinski definition) is 5. The Morgan fingerprint density at radius 1 is 1.56 bits per heavy atom. The van der Waals surface area contributed by atoms with E-state index in [-0.39, 0.29) is 12.2 Å². The minimum atomic E-state index is -1.01. The number of hydrogen-bond donors (Lipinski definition) is 2. The van der Waals surface area contributed by atoms with Crippen LogP contribution in [0.2, 0.25) is 0 Å². The molecule has 0 aliphatic heterocycles. The molecule has 0 saturated carbocycles. The molecule has 0 radical (unpaired) electrons. The van der Waals surface area contributed by atoms with Crippen molar-refractivity contribution < 1.29 is 19.7 Å². The van der Waals surface area contributed by atoms with Gasteiger partial charge in [-0.25, -0.2) is 9.78 Å². The average Bonchev–Trinajstić information content (AvgIpc) is 2.70. The molecule has 1 aromatic carbocycles. The third kappa shape index (κ3) is 1.72. The number of carbonyl (C=O) groups is 1. The zero-order valence-electron chi connectivity index (χ0n) is 8.43. The van der Waals surface area contributed by atoms with Gasteiger partial charge in [-0.05, 0) is 12.1 Å². The monoisotopic (exact) mass is 239 g/mol. The van der Waals surface area contributed by atoms with E-state index in [1.807, 2.05) is 0 Å². The van der Waals surface area contributed by atoms with Crippen molar-refractivity contribution in [3.63, 3.8) is 0 Å². The number of thiazole rings is 1. The summed E-state index contributed by atoms with van der Waals surface area (Å²) in [4.78, 5) is 15.0. The molecule has 2 aromatic rings. The first kappa shape index (κ1) is 10.8. The molecule has 2 N–H and O–H groups in total. The van der Waals surface area contributed by atoms with Crippen LogP contribution in [0.1, 0.15) is 15.4 Å². The largest absolute Gasteiger partial charge is 0.494 e. The highest BCUT2D eigenvalue weighted by molar-refractivity contribution is 7.18. The Kier molecular flexibility index (Phi) is 2.76. The molecule has 0 aliphatic carbocycles. The lowest BCUT2D eigenvalue weighted by Crippen LogP contribution is -1.97. The van der Waals surface area contributed by atoms with E-state index < -0.39 is 5.97 Å². The lowest BCUT2D eigenvalue weighted by atomic mass is 10.2. The van der Waals surface area contributed by atoms with Gasteiger partial charge in [0.2, 0.25) is 0 Å². The number of rotatable bonds is 3. The Morgan fingerprint density at radius 3 is 2.88 bits per heavy atom. The Morgan fingerprint density at radius 2 is 2.31 bits per heavy atom. The van der Waals surface area contributed by atoms with Gasteiger partial charge < -0.3 is 14.9 Å². The van der Waals surface area contributed by atoms with Crippen molar-refractivity contribution in [1.29, 1.82) is 0 Å². The van der Waals surface area contributed by atoms with Crippen LogP contribution in [0.15, 0.2) is 12.1 Å². The lowest BCUT2D eigenvalue weighted by molar-refractivity contribution is 0.0696. The first-order valence-corrected chi connectivity index (χ1v) is 5.29. The first-order valence-electron chi connectivity index (χ1n) is 4.47. The fourth-order valence-electron chi connectivity index (χ4n) is 1.39. The lowest BCUT2D eigenvalue weighted by Gasteiger charge is -2.01. The van der Waals surface area contributed by atoms with Gasteiger partial charge in [0.05, 0.1) is 24.0 Å². The smallest absolute Gasteiger partial charge is 0.335 e. The summed E-state index contributed by atoms with van der Waals surface area (Å²) >= 11 is 1.25. The van der Waals surface area contributed by atoms with Crippen molar-refractivity contribution in [1.82, 2.24) is 4.98 Å². The maximum Gasteiger partial charge on any atom is 0.335 e. The van der Waals surface area contributed by atoms with Crippen LogP contribution < -0.4 is 4.74 Å². The predicted molar refractivity (Wildman–Crippen MR) is 59.1 cm³/mol. The molecule has 0 bridgehead atoms. The van der Waals surface area contributed by atoms with E-state index in [0.717, 1.165) is 0 Å². The van der Waals surface area contributed by atoms with Gasteiger partial charge in [0, 0.05) is 0 Å². The van der Waals surface area contributed by atoms with E-state index in [1.54, 1.807) is 0 Å². The molecule has 0 spiro atoms. The molecule has 0 aliphatic rings. The molecule has 0 atom stereocenters. The number of aromatic nitrogens is 1.